The molecule has 1 aromatic rings. The molecule has 1 unspecified atom stereocenters. The fourth-order valence-electron chi connectivity index (χ4n) is 5.76. The van der Waals surface area contributed by atoms with Crippen LogP contribution in [-0.2, 0) is 14.3 Å². The SMILES string of the molecule is CCC1(CC)CC(=O)N([C@H](CCOC)C2C[C@H]2C(=O)N[C@@H]2c3ccccc3OC(C)(C)[C@H]2O)C(=N)N1. The van der Waals surface area contributed by atoms with Gasteiger partial charge in [0.1, 0.15) is 17.5 Å². The molecular weight excluding hydrogens is 460 g/mol. The first-order valence-electron chi connectivity index (χ1n) is 13.0. The van der Waals surface area contributed by atoms with Crippen LogP contribution < -0.4 is 15.4 Å². The topological polar surface area (TPSA) is 124 Å². The van der Waals surface area contributed by atoms with Gasteiger partial charge in [-0.15, -0.1) is 0 Å². The van der Waals surface area contributed by atoms with Crippen LogP contribution >= 0.6 is 0 Å². The smallest absolute Gasteiger partial charge is 0.231 e. The van der Waals surface area contributed by atoms with Gasteiger partial charge in [-0.05, 0) is 51.5 Å². The van der Waals surface area contributed by atoms with E-state index in [1.807, 2.05) is 38.1 Å². The molecule has 0 bridgehead atoms. The average molecular weight is 501 g/mol. The number of carbonyl (C=O) groups is 2. The van der Waals surface area contributed by atoms with E-state index >= 15 is 0 Å². The molecule has 1 saturated carbocycles. The van der Waals surface area contributed by atoms with Gasteiger partial charge < -0.3 is 25.2 Å². The van der Waals surface area contributed by atoms with Crippen LogP contribution in [0.3, 0.4) is 0 Å². The van der Waals surface area contributed by atoms with E-state index < -0.39 is 23.3 Å². The first kappa shape index (κ1) is 26.4. The Morgan fingerprint density at radius 1 is 1.33 bits per heavy atom. The van der Waals surface area contributed by atoms with Crippen molar-refractivity contribution in [1.82, 2.24) is 15.5 Å². The van der Waals surface area contributed by atoms with Gasteiger partial charge in [0, 0.05) is 36.8 Å². The average Bonchev–Trinajstić information content (AvgIpc) is 3.64. The largest absolute Gasteiger partial charge is 0.485 e. The second-order valence-corrected chi connectivity index (χ2v) is 10.9. The Balaban J connectivity index is 1.50. The summed E-state index contributed by atoms with van der Waals surface area (Å²) in [5.74, 6) is 0.142. The molecule has 2 fully saturated rings. The van der Waals surface area contributed by atoms with Gasteiger partial charge in [0.15, 0.2) is 5.96 Å². The molecule has 2 amide bonds. The lowest BCUT2D eigenvalue weighted by atomic mass is 9.86. The number of ether oxygens (including phenoxy) is 2. The predicted molar refractivity (Wildman–Crippen MR) is 136 cm³/mol. The minimum Gasteiger partial charge on any atom is -0.485 e. The highest BCUT2D eigenvalue weighted by atomic mass is 16.5. The number of rotatable bonds is 9. The normalized spacial score (nSPS) is 29.0. The molecule has 5 atom stereocenters. The quantitative estimate of drug-likeness (QED) is 0.413. The zero-order valence-electron chi connectivity index (χ0n) is 22.0. The first-order chi connectivity index (χ1) is 17.1. The molecule has 9 nitrogen and oxygen atoms in total. The number of hydrogen-bond acceptors (Lipinski definition) is 6. The van der Waals surface area contributed by atoms with Crippen molar-refractivity contribution in [2.24, 2.45) is 11.8 Å². The van der Waals surface area contributed by atoms with Gasteiger partial charge in [-0.25, -0.2) is 0 Å². The third kappa shape index (κ3) is 4.83. The molecule has 4 rings (SSSR count). The maximum atomic E-state index is 13.4. The predicted octanol–water partition coefficient (Wildman–Crippen LogP) is 2.73. The molecule has 2 aliphatic heterocycles. The number of hydrogen-bond donors (Lipinski definition) is 4. The zero-order valence-corrected chi connectivity index (χ0v) is 22.0. The Kier molecular flexibility index (Phi) is 7.35. The van der Waals surface area contributed by atoms with Crippen molar-refractivity contribution < 1.29 is 24.2 Å². The van der Waals surface area contributed by atoms with Crippen molar-refractivity contribution in [3.8, 4) is 5.75 Å². The molecule has 1 aromatic carbocycles. The number of nitrogens with one attached hydrogen (secondary N) is 3. The van der Waals surface area contributed by atoms with Gasteiger partial charge in [0.05, 0.1) is 12.5 Å². The maximum Gasteiger partial charge on any atom is 0.231 e. The molecule has 3 aliphatic rings. The fraction of sp³-hybridized carbons (Fsp3) is 0.667. The lowest BCUT2D eigenvalue weighted by Gasteiger charge is -2.45. The van der Waals surface area contributed by atoms with E-state index in [1.165, 1.54) is 0 Å². The number of nitrogens with zero attached hydrogens (tertiary/aromatic N) is 1. The van der Waals surface area contributed by atoms with Crippen LogP contribution in [0.4, 0.5) is 0 Å². The molecule has 4 N–H and O–H groups in total. The number of carbonyl (C=O) groups excluding carboxylic acids is 2. The van der Waals surface area contributed by atoms with Gasteiger partial charge in [0.2, 0.25) is 11.8 Å². The van der Waals surface area contributed by atoms with Crippen LogP contribution in [0.25, 0.3) is 0 Å². The van der Waals surface area contributed by atoms with Crippen molar-refractivity contribution >= 4 is 17.8 Å². The Morgan fingerprint density at radius 2 is 2.03 bits per heavy atom. The van der Waals surface area contributed by atoms with Crippen LogP contribution in [0, 0.1) is 17.2 Å². The molecule has 0 spiro atoms. The van der Waals surface area contributed by atoms with E-state index in [4.69, 9.17) is 14.9 Å². The number of methoxy groups -OCH3 is 1. The fourth-order valence-corrected chi connectivity index (χ4v) is 5.76. The van der Waals surface area contributed by atoms with Gasteiger partial charge in [-0.2, -0.15) is 0 Å². The van der Waals surface area contributed by atoms with Crippen molar-refractivity contribution in [1.29, 1.82) is 5.41 Å². The molecular formula is C27H40N4O5. The lowest BCUT2D eigenvalue weighted by Crippen LogP contribution is -2.64. The highest BCUT2D eigenvalue weighted by Gasteiger charge is 2.54. The molecule has 198 valence electrons. The summed E-state index contributed by atoms with van der Waals surface area (Å²) in [6, 6.07) is 6.53. The third-order valence-corrected chi connectivity index (χ3v) is 8.31. The van der Waals surface area contributed by atoms with Crippen molar-refractivity contribution in [2.45, 2.75) is 89.1 Å². The molecule has 9 heteroatoms. The lowest BCUT2D eigenvalue weighted by molar-refractivity contribution is -0.134. The summed E-state index contributed by atoms with van der Waals surface area (Å²) >= 11 is 0. The van der Waals surface area contributed by atoms with Gasteiger partial charge in [-0.1, -0.05) is 32.0 Å². The number of amides is 2. The molecule has 0 radical (unpaired) electrons. The van der Waals surface area contributed by atoms with Crippen molar-refractivity contribution in [2.75, 3.05) is 13.7 Å². The summed E-state index contributed by atoms with van der Waals surface area (Å²) in [6.45, 7) is 8.10. The van der Waals surface area contributed by atoms with Crippen LogP contribution in [0.15, 0.2) is 24.3 Å². The van der Waals surface area contributed by atoms with E-state index in [9.17, 15) is 14.7 Å². The second-order valence-electron chi connectivity index (χ2n) is 10.9. The number of fused-ring (bicyclic) bond motifs is 1. The Morgan fingerprint density at radius 3 is 2.67 bits per heavy atom. The van der Waals surface area contributed by atoms with Gasteiger partial charge >= 0.3 is 0 Å². The summed E-state index contributed by atoms with van der Waals surface area (Å²) in [5.41, 5.74) is -0.503. The van der Waals surface area contributed by atoms with E-state index in [0.29, 0.717) is 31.6 Å². The Hall–Kier alpha value is -2.65. The summed E-state index contributed by atoms with van der Waals surface area (Å²) < 4.78 is 11.3. The number of aliphatic hydroxyl groups excluding tert-OH is 1. The first-order valence-corrected chi connectivity index (χ1v) is 13.0. The minimum atomic E-state index is -0.921. The van der Waals surface area contributed by atoms with E-state index in [-0.39, 0.29) is 35.7 Å². The Labute approximate surface area is 213 Å². The van der Waals surface area contributed by atoms with E-state index in [2.05, 4.69) is 10.6 Å². The Bertz CT molecular complexity index is 988. The van der Waals surface area contributed by atoms with Crippen LogP contribution in [-0.4, -0.2) is 64.8 Å². The van der Waals surface area contributed by atoms with Crippen molar-refractivity contribution in [3.05, 3.63) is 29.8 Å². The summed E-state index contributed by atoms with van der Waals surface area (Å²) in [4.78, 5) is 28.2. The standard InChI is InChI=1S/C27H40N4O5/c1-6-27(7-2)15-21(32)31(25(28)30-27)19(12-13-35-5)17-14-18(17)24(34)29-22-16-10-8-9-11-20(16)36-26(3,4)23(22)33/h8-11,17-19,22-23,33H,6-7,12-15H2,1-5H3,(H2,28,30)(H,29,34)/t17?,18-,19-,22-,23+/m1/s1. The van der Waals surface area contributed by atoms with Gasteiger partial charge in [0.25, 0.3) is 0 Å². The molecule has 1 aliphatic carbocycles. The summed E-state index contributed by atoms with van der Waals surface area (Å²) in [5, 5.41) is 26.0. The minimum absolute atomic E-state index is 0.0786. The van der Waals surface area contributed by atoms with E-state index in [0.717, 1.165) is 18.4 Å². The number of guanidine groups is 1. The van der Waals surface area contributed by atoms with Gasteiger partial charge in [-0.3, -0.25) is 19.9 Å². The van der Waals surface area contributed by atoms with Crippen LogP contribution in [0.5, 0.6) is 5.75 Å². The monoisotopic (exact) mass is 500 g/mol. The molecule has 0 aromatic heterocycles. The highest BCUT2D eigenvalue weighted by molar-refractivity contribution is 5.99. The van der Waals surface area contributed by atoms with Crippen molar-refractivity contribution in [3.63, 3.8) is 0 Å². The molecule has 1 saturated heterocycles. The summed E-state index contributed by atoms with van der Waals surface area (Å²) in [7, 11) is 1.61. The molecule has 2 heterocycles. The number of benzene rings is 1. The second kappa shape index (κ2) is 10.0. The number of aliphatic hydroxyl groups is 1. The maximum absolute atomic E-state index is 13.4. The summed E-state index contributed by atoms with van der Waals surface area (Å²) in [6.07, 6.45) is 2.09. The number of para-hydroxylation sites is 1. The highest BCUT2D eigenvalue weighted by Crippen LogP contribution is 2.47. The van der Waals surface area contributed by atoms with E-state index in [1.54, 1.807) is 25.9 Å². The third-order valence-electron chi connectivity index (χ3n) is 8.31. The zero-order chi connectivity index (χ0) is 26.3. The van der Waals surface area contributed by atoms with Crippen LogP contribution in [0.1, 0.15) is 71.4 Å². The van der Waals surface area contributed by atoms with Crippen LogP contribution in [0.2, 0.25) is 0 Å². The molecule has 36 heavy (non-hydrogen) atoms.